The highest BCUT2D eigenvalue weighted by atomic mass is 32.2. The maximum atomic E-state index is 11.1. The fraction of sp³-hybridized carbons (Fsp3) is 0.400. The van der Waals surface area contributed by atoms with Gasteiger partial charge in [0.2, 0.25) is 5.95 Å². The molecule has 3 heterocycles. The molecule has 2 aromatic rings. The summed E-state index contributed by atoms with van der Waals surface area (Å²) in [6, 6.07) is 5.80. The molecule has 0 aromatic carbocycles. The van der Waals surface area contributed by atoms with Crippen LogP contribution in [0.2, 0.25) is 0 Å². The van der Waals surface area contributed by atoms with Gasteiger partial charge < -0.3 is 20.0 Å². The Morgan fingerprint density at radius 2 is 1.93 bits per heavy atom. The van der Waals surface area contributed by atoms with Gasteiger partial charge in [-0.3, -0.25) is 4.79 Å². The summed E-state index contributed by atoms with van der Waals surface area (Å²) in [5.41, 5.74) is 3.59. The number of hydrogen-bond acceptors (Lipinski definition) is 9. The Kier molecular flexibility index (Phi) is 7.05. The molecule has 9 heteroatoms. The van der Waals surface area contributed by atoms with E-state index in [1.807, 2.05) is 38.2 Å². The number of pyridine rings is 1. The summed E-state index contributed by atoms with van der Waals surface area (Å²) in [6.07, 6.45) is 3.55. The molecular formula is C20H27N7OS. The second-order valence-corrected chi connectivity index (χ2v) is 7.94. The van der Waals surface area contributed by atoms with Gasteiger partial charge in [-0.2, -0.15) is 0 Å². The number of carbonyl (C=O) groups excluding carboxylic acids is 1. The normalized spacial score (nSPS) is 15.7. The Hall–Kier alpha value is -2.65. The SMILES string of the molecule is C/C(=C(/SC=O)c1ccnc(Nc2ccc(N3CCN(C)CC3)cn2)n1)N(C)C. The van der Waals surface area contributed by atoms with Gasteiger partial charge in [0.15, 0.2) is 5.62 Å². The van der Waals surface area contributed by atoms with E-state index in [0.717, 1.165) is 59.8 Å². The molecular weight excluding hydrogens is 386 g/mol. The number of aromatic nitrogens is 3. The topological polar surface area (TPSA) is 77.5 Å². The second-order valence-electron chi connectivity index (χ2n) is 7.11. The first-order chi connectivity index (χ1) is 14.0. The summed E-state index contributed by atoms with van der Waals surface area (Å²) in [5, 5.41) is 3.15. The van der Waals surface area contributed by atoms with Crippen LogP contribution in [-0.2, 0) is 4.79 Å². The first-order valence-corrected chi connectivity index (χ1v) is 10.3. The molecule has 154 valence electrons. The maximum absolute atomic E-state index is 11.1. The lowest BCUT2D eigenvalue weighted by Crippen LogP contribution is -2.44. The third-order valence-corrected chi connectivity index (χ3v) is 5.75. The zero-order chi connectivity index (χ0) is 20.8. The quantitative estimate of drug-likeness (QED) is 0.689. The molecule has 0 radical (unpaired) electrons. The van der Waals surface area contributed by atoms with Crippen LogP contribution >= 0.6 is 11.8 Å². The summed E-state index contributed by atoms with van der Waals surface area (Å²) in [5.74, 6) is 1.12. The molecule has 0 unspecified atom stereocenters. The zero-order valence-corrected chi connectivity index (χ0v) is 18.1. The van der Waals surface area contributed by atoms with Crippen molar-refractivity contribution in [2.24, 2.45) is 0 Å². The van der Waals surface area contributed by atoms with E-state index >= 15 is 0 Å². The number of allylic oxidation sites excluding steroid dienone is 1. The first-order valence-electron chi connectivity index (χ1n) is 9.46. The van der Waals surface area contributed by atoms with E-state index in [0.29, 0.717) is 17.5 Å². The van der Waals surface area contributed by atoms with E-state index < -0.39 is 0 Å². The summed E-state index contributed by atoms with van der Waals surface area (Å²) in [7, 11) is 6.02. The number of anilines is 3. The lowest BCUT2D eigenvalue weighted by atomic mass is 10.3. The number of carbonyl (C=O) groups is 1. The van der Waals surface area contributed by atoms with Gasteiger partial charge in [-0.05, 0) is 32.2 Å². The molecule has 1 aliphatic rings. The highest BCUT2D eigenvalue weighted by Crippen LogP contribution is 2.29. The predicted octanol–water partition coefficient (Wildman–Crippen LogP) is 2.54. The molecule has 0 saturated carbocycles. The van der Waals surface area contributed by atoms with Crippen molar-refractivity contribution >= 4 is 39.7 Å². The molecule has 2 aromatic heterocycles. The largest absolute Gasteiger partial charge is 0.380 e. The van der Waals surface area contributed by atoms with Crippen LogP contribution < -0.4 is 10.2 Å². The van der Waals surface area contributed by atoms with E-state index in [1.165, 1.54) is 0 Å². The molecule has 8 nitrogen and oxygen atoms in total. The van der Waals surface area contributed by atoms with Crippen molar-refractivity contribution in [3.05, 3.63) is 42.0 Å². The number of nitrogens with zero attached hydrogens (tertiary/aromatic N) is 6. The smallest absolute Gasteiger partial charge is 0.228 e. The van der Waals surface area contributed by atoms with Crippen LogP contribution in [0.4, 0.5) is 17.5 Å². The Morgan fingerprint density at radius 3 is 2.55 bits per heavy atom. The van der Waals surface area contributed by atoms with Crippen LogP contribution in [-0.4, -0.2) is 77.7 Å². The standard InChI is InChI=1S/C20H27N7OS/c1-15(25(2)3)19(29-14-28)17-7-8-21-20(23-17)24-18-6-5-16(13-22-18)27-11-9-26(4)10-12-27/h5-8,13-14H,9-12H2,1-4H3,(H,21,22,23,24)/b19-15-. The molecule has 1 aliphatic heterocycles. The number of hydrogen-bond donors (Lipinski definition) is 1. The fourth-order valence-corrected chi connectivity index (χ4v) is 3.64. The minimum atomic E-state index is 0.443. The third kappa shape index (κ3) is 5.45. The Balaban J connectivity index is 1.74. The van der Waals surface area contributed by atoms with Crippen molar-refractivity contribution in [1.29, 1.82) is 0 Å². The van der Waals surface area contributed by atoms with Crippen LogP contribution in [0.5, 0.6) is 0 Å². The summed E-state index contributed by atoms with van der Waals surface area (Å²) in [6.45, 7) is 6.08. The predicted molar refractivity (Wildman–Crippen MR) is 120 cm³/mol. The molecule has 1 saturated heterocycles. The number of nitrogens with one attached hydrogen (secondary N) is 1. The van der Waals surface area contributed by atoms with Gasteiger partial charge in [-0.15, -0.1) is 0 Å². The van der Waals surface area contributed by atoms with E-state index in [-0.39, 0.29) is 0 Å². The third-order valence-electron chi connectivity index (χ3n) is 4.91. The highest BCUT2D eigenvalue weighted by Gasteiger charge is 2.15. The van der Waals surface area contributed by atoms with E-state index in [2.05, 4.69) is 43.2 Å². The van der Waals surface area contributed by atoms with Gasteiger partial charge in [-0.25, -0.2) is 15.0 Å². The van der Waals surface area contributed by atoms with Crippen molar-refractivity contribution in [3.8, 4) is 0 Å². The molecule has 0 atom stereocenters. The number of likely N-dealkylation sites (N-methyl/N-ethyl adjacent to an activating group) is 1. The second kappa shape index (κ2) is 9.71. The van der Waals surface area contributed by atoms with Gasteiger partial charge in [0.05, 0.1) is 22.5 Å². The van der Waals surface area contributed by atoms with Gasteiger partial charge in [0.25, 0.3) is 0 Å². The molecule has 29 heavy (non-hydrogen) atoms. The molecule has 3 rings (SSSR count). The van der Waals surface area contributed by atoms with Crippen molar-refractivity contribution in [2.45, 2.75) is 6.92 Å². The molecule has 0 spiro atoms. The lowest BCUT2D eigenvalue weighted by molar-refractivity contribution is 0.313. The minimum Gasteiger partial charge on any atom is -0.380 e. The highest BCUT2D eigenvalue weighted by molar-refractivity contribution is 8.19. The average molecular weight is 414 g/mol. The molecule has 0 bridgehead atoms. The zero-order valence-electron chi connectivity index (χ0n) is 17.3. The van der Waals surface area contributed by atoms with E-state index in [9.17, 15) is 4.79 Å². The van der Waals surface area contributed by atoms with Crippen LogP contribution in [0.25, 0.3) is 4.91 Å². The number of rotatable bonds is 7. The van der Waals surface area contributed by atoms with E-state index in [4.69, 9.17) is 0 Å². The molecule has 1 fully saturated rings. The summed E-state index contributed by atoms with van der Waals surface area (Å²) >= 11 is 1.11. The van der Waals surface area contributed by atoms with Crippen LogP contribution in [0, 0.1) is 0 Å². The van der Waals surface area contributed by atoms with Crippen molar-refractivity contribution in [3.63, 3.8) is 0 Å². The number of thioether (sulfide) groups is 1. The minimum absolute atomic E-state index is 0.443. The monoisotopic (exact) mass is 413 g/mol. The maximum Gasteiger partial charge on any atom is 0.228 e. The van der Waals surface area contributed by atoms with Gasteiger partial charge in [0, 0.05) is 52.2 Å². The Labute approximate surface area is 176 Å². The first kappa shape index (κ1) is 21.1. The van der Waals surface area contributed by atoms with Gasteiger partial charge in [-0.1, -0.05) is 11.8 Å². The number of piperazine rings is 1. The van der Waals surface area contributed by atoms with Crippen LogP contribution in [0.3, 0.4) is 0 Å². The summed E-state index contributed by atoms with van der Waals surface area (Å²) < 4.78 is 0. The Morgan fingerprint density at radius 1 is 1.17 bits per heavy atom. The van der Waals surface area contributed by atoms with Crippen molar-refractivity contribution in [2.75, 3.05) is 57.5 Å². The molecule has 0 amide bonds. The van der Waals surface area contributed by atoms with Crippen LogP contribution in [0.1, 0.15) is 12.6 Å². The fourth-order valence-electron chi connectivity index (χ4n) is 2.95. The van der Waals surface area contributed by atoms with Gasteiger partial charge in [0.1, 0.15) is 5.82 Å². The Bertz CT molecular complexity index is 861. The summed E-state index contributed by atoms with van der Waals surface area (Å²) in [4.78, 5) is 31.9. The van der Waals surface area contributed by atoms with Crippen LogP contribution in [0.15, 0.2) is 36.3 Å². The van der Waals surface area contributed by atoms with Gasteiger partial charge >= 0.3 is 0 Å². The lowest BCUT2D eigenvalue weighted by Gasteiger charge is -2.33. The molecule has 1 N–H and O–H groups in total. The van der Waals surface area contributed by atoms with E-state index in [1.54, 1.807) is 12.3 Å². The van der Waals surface area contributed by atoms with Crippen molar-refractivity contribution < 1.29 is 4.79 Å². The van der Waals surface area contributed by atoms with Crippen molar-refractivity contribution in [1.82, 2.24) is 24.8 Å². The molecule has 0 aliphatic carbocycles. The average Bonchev–Trinajstić information content (AvgIpc) is 2.73.